The Balaban J connectivity index is 1.65. The van der Waals surface area contributed by atoms with Gasteiger partial charge in [0.05, 0.1) is 15.7 Å². The maximum absolute atomic E-state index is 12.6. The molecule has 0 spiro atoms. The van der Waals surface area contributed by atoms with Crippen molar-refractivity contribution in [1.82, 2.24) is 4.98 Å². The first-order valence-electron chi connectivity index (χ1n) is 9.09. The van der Waals surface area contributed by atoms with Crippen molar-refractivity contribution < 1.29 is 9.53 Å². The van der Waals surface area contributed by atoms with E-state index < -0.39 is 0 Å². The summed E-state index contributed by atoms with van der Waals surface area (Å²) in [4.78, 5) is 17.6. The van der Waals surface area contributed by atoms with Gasteiger partial charge in [-0.2, -0.15) is 0 Å². The van der Waals surface area contributed by atoms with Gasteiger partial charge in [0.15, 0.2) is 0 Å². The predicted octanol–water partition coefficient (Wildman–Crippen LogP) is 6.89. The summed E-state index contributed by atoms with van der Waals surface area (Å²) in [5.41, 5.74) is 2.58. The molecule has 0 atom stereocenters. The second-order valence-corrected chi connectivity index (χ2v) is 9.57. The lowest BCUT2D eigenvalue weighted by atomic mass is 9.87. The van der Waals surface area contributed by atoms with Crippen molar-refractivity contribution >= 4 is 46.1 Å². The molecule has 0 radical (unpaired) electrons. The van der Waals surface area contributed by atoms with Crippen LogP contribution in [0.25, 0.3) is 0 Å². The highest BCUT2D eigenvalue weighted by Gasteiger charge is 2.17. The van der Waals surface area contributed by atoms with E-state index in [0.29, 0.717) is 32.9 Å². The molecule has 0 saturated heterocycles. The molecule has 3 rings (SSSR count). The number of carbonyl (C=O) groups is 1. The molecule has 2 aromatic carbocycles. The number of rotatable bonds is 5. The number of ether oxygens (including phenoxy) is 1. The van der Waals surface area contributed by atoms with Crippen molar-refractivity contribution in [2.75, 3.05) is 5.32 Å². The van der Waals surface area contributed by atoms with Crippen LogP contribution in [-0.4, -0.2) is 10.9 Å². The van der Waals surface area contributed by atoms with Gasteiger partial charge >= 0.3 is 0 Å². The Morgan fingerprint density at radius 3 is 2.41 bits per heavy atom. The highest BCUT2D eigenvalue weighted by atomic mass is 35.5. The molecule has 0 aliphatic heterocycles. The van der Waals surface area contributed by atoms with Gasteiger partial charge in [0, 0.05) is 5.69 Å². The Morgan fingerprint density at radius 2 is 1.79 bits per heavy atom. The molecule has 29 heavy (non-hydrogen) atoms. The molecule has 1 aromatic heterocycles. The molecule has 4 nitrogen and oxygen atoms in total. The average molecular weight is 449 g/mol. The van der Waals surface area contributed by atoms with E-state index in [9.17, 15) is 4.79 Å². The fourth-order valence-electron chi connectivity index (χ4n) is 2.68. The first-order valence-corrected chi connectivity index (χ1v) is 10.7. The number of aromatic nitrogens is 1. The molecule has 152 valence electrons. The van der Waals surface area contributed by atoms with E-state index in [-0.39, 0.29) is 11.3 Å². The third kappa shape index (κ3) is 5.50. The van der Waals surface area contributed by atoms with Crippen LogP contribution in [0.1, 0.15) is 46.7 Å². The minimum Gasteiger partial charge on any atom is -0.486 e. The molecule has 0 aliphatic carbocycles. The maximum atomic E-state index is 12.6. The van der Waals surface area contributed by atoms with Crippen molar-refractivity contribution in [3.05, 3.63) is 73.7 Å². The standard InChI is InChI=1S/C22H22Cl2N2O2S/c1-13-20(21(27)26-15-7-10-17(23)18(24)11-15)29-19(25-13)12-28-16-8-5-14(6-9-16)22(2,3)4/h5-11H,12H2,1-4H3,(H,26,27). The van der Waals surface area contributed by atoms with Crippen molar-refractivity contribution in [2.24, 2.45) is 0 Å². The molecule has 1 N–H and O–H groups in total. The Kier molecular flexibility index (Phi) is 6.52. The van der Waals surface area contributed by atoms with Gasteiger partial charge in [0.1, 0.15) is 22.2 Å². The van der Waals surface area contributed by atoms with E-state index in [4.69, 9.17) is 27.9 Å². The third-order valence-electron chi connectivity index (χ3n) is 4.31. The van der Waals surface area contributed by atoms with Crippen molar-refractivity contribution in [2.45, 2.75) is 39.7 Å². The summed E-state index contributed by atoms with van der Waals surface area (Å²) in [6.45, 7) is 8.63. The predicted molar refractivity (Wildman–Crippen MR) is 121 cm³/mol. The average Bonchev–Trinajstić information content (AvgIpc) is 3.03. The number of thiazole rings is 1. The van der Waals surface area contributed by atoms with Gasteiger partial charge in [-0.3, -0.25) is 4.79 Å². The van der Waals surface area contributed by atoms with Crippen LogP contribution in [0.2, 0.25) is 10.0 Å². The van der Waals surface area contributed by atoms with Crippen LogP contribution in [0, 0.1) is 6.92 Å². The largest absolute Gasteiger partial charge is 0.486 e. The molecule has 0 unspecified atom stereocenters. The Morgan fingerprint density at radius 1 is 1.10 bits per heavy atom. The van der Waals surface area contributed by atoms with Crippen LogP contribution in [0.15, 0.2) is 42.5 Å². The number of nitrogens with one attached hydrogen (secondary N) is 1. The van der Waals surface area contributed by atoms with Crippen LogP contribution in [0.5, 0.6) is 5.75 Å². The van der Waals surface area contributed by atoms with Gasteiger partial charge in [-0.1, -0.05) is 56.1 Å². The van der Waals surface area contributed by atoms with Crippen LogP contribution < -0.4 is 10.1 Å². The summed E-state index contributed by atoms with van der Waals surface area (Å²) >= 11 is 13.2. The highest BCUT2D eigenvalue weighted by Crippen LogP contribution is 2.27. The number of hydrogen-bond acceptors (Lipinski definition) is 4. The Labute approximate surface area is 184 Å². The van der Waals surface area contributed by atoms with E-state index in [1.54, 1.807) is 18.2 Å². The van der Waals surface area contributed by atoms with Crippen LogP contribution >= 0.6 is 34.5 Å². The summed E-state index contributed by atoms with van der Waals surface area (Å²) in [7, 11) is 0. The van der Waals surface area contributed by atoms with Crippen LogP contribution in [-0.2, 0) is 12.0 Å². The molecule has 0 fully saturated rings. The van der Waals surface area contributed by atoms with Crippen LogP contribution in [0.3, 0.4) is 0 Å². The van der Waals surface area contributed by atoms with Gasteiger partial charge in [0.2, 0.25) is 0 Å². The molecule has 7 heteroatoms. The number of aryl methyl sites for hydroxylation is 1. The smallest absolute Gasteiger partial charge is 0.267 e. The second kappa shape index (κ2) is 8.74. The lowest BCUT2D eigenvalue weighted by molar-refractivity contribution is 0.103. The molecular weight excluding hydrogens is 427 g/mol. The summed E-state index contributed by atoms with van der Waals surface area (Å²) < 4.78 is 5.84. The fourth-order valence-corrected chi connectivity index (χ4v) is 3.85. The molecule has 0 saturated carbocycles. The summed E-state index contributed by atoms with van der Waals surface area (Å²) in [5, 5.41) is 4.38. The highest BCUT2D eigenvalue weighted by molar-refractivity contribution is 7.13. The van der Waals surface area contributed by atoms with E-state index in [2.05, 4.69) is 43.2 Å². The number of benzene rings is 2. The zero-order valence-corrected chi connectivity index (χ0v) is 19.0. The Bertz CT molecular complexity index is 1020. The van der Waals surface area contributed by atoms with Gasteiger partial charge in [0.25, 0.3) is 5.91 Å². The lowest BCUT2D eigenvalue weighted by Gasteiger charge is -2.19. The number of halogens is 2. The number of hydrogen-bond donors (Lipinski definition) is 1. The zero-order chi connectivity index (χ0) is 21.2. The minimum atomic E-state index is -0.237. The van der Waals surface area contributed by atoms with E-state index in [1.807, 2.05) is 19.1 Å². The summed E-state index contributed by atoms with van der Waals surface area (Å²) in [6.07, 6.45) is 0. The summed E-state index contributed by atoms with van der Waals surface area (Å²) in [5.74, 6) is 0.534. The minimum absolute atomic E-state index is 0.0987. The molecule has 1 heterocycles. The number of nitrogens with zero attached hydrogens (tertiary/aromatic N) is 1. The zero-order valence-electron chi connectivity index (χ0n) is 16.7. The van der Waals surface area contributed by atoms with Gasteiger partial charge < -0.3 is 10.1 Å². The fraction of sp³-hybridized carbons (Fsp3) is 0.273. The quantitative estimate of drug-likeness (QED) is 0.462. The van der Waals surface area contributed by atoms with Gasteiger partial charge in [-0.25, -0.2) is 4.98 Å². The van der Waals surface area contributed by atoms with Crippen molar-refractivity contribution in [3.63, 3.8) is 0 Å². The van der Waals surface area contributed by atoms with Gasteiger partial charge in [-0.15, -0.1) is 11.3 Å². The number of amides is 1. The van der Waals surface area contributed by atoms with Crippen LogP contribution in [0.4, 0.5) is 5.69 Å². The SMILES string of the molecule is Cc1nc(COc2ccc(C(C)(C)C)cc2)sc1C(=O)Nc1ccc(Cl)c(Cl)c1. The molecule has 0 aliphatic rings. The Hall–Kier alpha value is -2.08. The topological polar surface area (TPSA) is 51.2 Å². The molecule has 3 aromatic rings. The van der Waals surface area contributed by atoms with E-state index in [1.165, 1.54) is 16.9 Å². The molecule has 0 bridgehead atoms. The third-order valence-corrected chi connectivity index (χ3v) is 6.18. The van der Waals surface area contributed by atoms with Gasteiger partial charge in [-0.05, 0) is 48.2 Å². The van der Waals surface area contributed by atoms with Crippen molar-refractivity contribution in [1.29, 1.82) is 0 Å². The lowest BCUT2D eigenvalue weighted by Crippen LogP contribution is -2.11. The normalized spacial score (nSPS) is 11.4. The second-order valence-electron chi connectivity index (χ2n) is 7.67. The molecular formula is C22H22Cl2N2O2S. The first-order chi connectivity index (χ1) is 13.6. The first kappa shape index (κ1) is 21.6. The summed E-state index contributed by atoms with van der Waals surface area (Å²) in [6, 6.07) is 13.0. The van der Waals surface area contributed by atoms with E-state index in [0.717, 1.165) is 10.8 Å². The molecule has 1 amide bonds. The van der Waals surface area contributed by atoms with Crippen molar-refractivity contribution in [3.8, 4) is 5.75 Å². The monoisotopic (exact) mass is 448 g/mol. The maximum Gasteiger partial charge on any atom is 0.267 e. The number of carbonyl (C=O) groups excluding carboxylic acids is 1. The number of anilines is 1. The van der Waals surface area contributed by atoms with E-state index >= 15 is 0 Å².